The molecule has 0 N–H and O–H groups in total. The molecule has 9 heteroatoms. The second kappa shape index (κ2) is 7.57. The zero-order valence-corrected chi connectivity index (χ0v) is 16.9. The Morgan fingerprint density at radius 2 is 1.44 bits per heavy atom. The largest absolute Gasteiger partial charge is 0.271 e. The SMILES string of the molecule is [C-]#[N+]/C(C#N)=C1\c2cc(-c3ccc(F)nc3F)ccc2-c2nc3cc(C#N)c(C#N)cc3nc21. The summed E-state index contributed by atoms with van der Waals surface area (Å²) in [5, 5.41) is 28.3. The van der Waals surface area contributed by atoms with E-state index in [1.165, 1.54) is 18.2 Å². The number of pyridine rings is 1. The van der Waals surface area contributed by atoms with Gasteiger partial charge in [-0.05, 0) is 41.5 Å². The van der Waals surface area contributed by atoms with Crippen LogP contribution in [-0.4, -0.2) is 15.0 Å². The van der Waals surface area contributed by atoms with E-state index in [0.29, 0.717) is 33.4 Å². The number of fused-ring (bicyclic) bond motifs is 4. The third kappa shape index (κ3) is 2.94. The molecule has 0 saturated heterocycles. The molecule has 0 atom stereocenters. The third-order valence-electron chi connectivity index (χ3n) is 5.41. The number of nitriles is 3. The summed E-state index contributed by atoms with van der Waals surface area (Å²) in [4.78, 5) is 15.7. The first-order chi connectivity index (χ1) is 16.5. The lowest BCUT2D eigenvalue weighted by Crippen LogP contribution is -1.96. The monoisotopic (exact) mass is 443 g/mol. The predicted molar refractivity (Wildman–Crippen MR) is 116 cm³/mol. The van der Waals surface area contributed by atoms with Gasteiger partial charge >= 0.3 is 0 Å². The van der Waals surface area contributed by atoms with Crippen molar-refractivity contribution in [3.05, 3.63) is 93.9 Å². The van der Waals surface area contributed by atoms with Crippen molar-refractivity contribution in [3.63, 3.8) is 0 Å². The van der Waals surface area contributed by atoms with Crippen LogP contribution in [0.25, 0.3) is 43.8 Å². The van der Waals surface area contributed by atoms with E-state index >= 15 is 0 Å². The van der Waals surface area contributed by atoms with E-state index < -0.39 is 11.9 Å². The highest BCUT2D eigenvalue weighted by molar-refractivity contribution is 6.03. The van der Waals surface area contributed by atoms with Crippen molar-refractivity contribution in [2.75, 3.05) is 0 Å². The zero-order chi connectivity index (χ0) is 24.0. The van der Waals surface area contributed by atoms with Gasteiger partial charge in [-0.15, -0.1) is 0 Å². The highest BCUT2D eigenvalue weighted by Crippen LogP contribution is 2.46. The normalized spacial score (nSPS) is 12.6. The second-order valence-electron chi connectivity index (χ2n) is 7.21. The number of halogens is 2. The number of allylic oxidation sites excluding steroid dienone is 1. The minimum absolute atomic E-state index is 0.0456. The molecule has 2 aromatic heterocycles. The fourth-order valence-corrected chi connectivity index (χ4v) is 3.91. The summed E-state index contributed by atoms with van der Waals surface area (Å²) in [5.41, 5.74) is 2.96. The number of hydrogen-bond acceptors (Lipinski definition) is 6. The molecule has 2 aromatic carbocycles. The number of benzene rings is 2. The van der Waals surface area contributed by atoms with Crippen LogP contribution in [0.5, 0.6) is 0 Å². The number of rotatable bonds is 1. The molecule has 0 amide bonds. The molecule has 34 heavy (non-hydrogen) atoms. The first-order valence-corrected chi connectivity index (χ1v) is 9.64. The van der Waals surface area contributed by atoms with Crippen LogP contribution in [-0.2, 0) is 0 Å². The van der Waals surface area contributed by atoms with E-state index in [2.05, 4.69) is 19.8 Å². The fourth-order valence-electron chi connectivity index (χ4n) is 3.91. The second-order valence-corrected chi connectivity index (χ2v) is 7.21. The van der Waals surface area contributed by atoms with E-state index in [9.17, 15) is 24.6 Å². The molecule has 156 valence electrons. The van der Waals surface area contributed by atoms with Gasteiger partial charge in [-0.25, -0.2) is 20.1 Å². The van der Waals surface area contributed by atoms with Gasteiger partial charge in [-0.1, -0.05) is 12.1 Å². The molecule has 0 bridgehead atoms. The topological polar surface area (TPSA) is 114 Å². The molecular weight excluding hydrogens is 436 g/mol. The Morgan fingerprint density at radius 1 is 0.794 bits per heavy atom. The molecule has 0 spiro atoms. The van der Waals surface area contributed by atoms with Crippen LogP contribution in [0.15, 0.2) is 48.2 Å². The van der Waals surface area contributed by atoms with E-state index in [4.69, 9.17) is 6.57 Å². The van der Waals surface area contributed by atoms with Crippen LogP contribution >= 0.6 is 0 Å². The average Bonchev–Trinajstić information content (AvgIpc) is 3.15. The standard InChI is InChI=1S/C25H7F2N7/c1-31-20(11-30)22-17-6-12(15-4-5-21(26)34-25(15)27)2-3-16(17)23-24(22)33-19-8-14(10-29)13(9-28)7-18(19)32-23/h2-8H/b22-20+. The lowest BCUT2D eigenvalue weighted by Gasteiger charge is -2.07. The molecule has 2 heterocycles. The first kappa shape index (κ1) is 20.4. The highest BCUT2D eigenvalue weighted by atomic mass is 19.1. The maximum absolute atomic E-state index is 14.3. The Bertz CT molecular complexity index is 1760. The summed E-state index contributed by atoms with van der Waals surface area (Å²) in [6, 6.07) is 15.7. The van der Waals surface area contributed by atoms with Crippen molar-refractivity contribution in [1.82, 2.24) is 15.0 Å². The molecule has 1 aliphatic rings. The Hall–Kier alpha value is -5.51. The van der Waals surface area contributed by atoms with E-state index in [1.54, 1.807) is 18.2 Å². The van der Waals surface area contributed by atoms with Crippen LogP contribution in [0.3, 0.4) is 0 Å². The average molecular weight is 443 g/mol. The summed E-state index contributed by atoms with van der Waals surface area (Å²) in [5.74, 6) is -1.95. The molecule has 1 aliphatic carbocycles. The van der Waals surface area contributed by atoms with E-state index in [-0.39, 0.29) is 33.7 Å². The van der Waals surface area contributed by atoms with Gasteiger partial charge in [0.1, 0.15) is 12.1 Å². The van der Waals surface area contributed by atoms with Crippen molar-refractivity contribution < 1.29 is 8.78 Å². The maximum Gasteiger partial charge on any atom is 0.271 e. The van der Waals surface area contributed by atoms with Crippen molar-refractivity contribution in [2.24, 2.45) is 0 Å². The molecule has 7 nitrogen and oxygen atoms in total. The van der Waals surface area contributed by atoms with Gasteiger partial charge in [0.15, 0.2) is 0 Å². The minimum atomic E-state index is -0.998. The van der Waals surface area contributed by atoms with Crippen molar-refractivity contribution in [3.8, 4) is 40.6 Å². The predicted octanol–water partition coefficient (Wildman–Crippen LogP) is 4.90. The van der Waals surface area contributed by atoms with Crippen LogP contribution in [0, 0.1) is 52.5 Å². The Morgan fingerprint density at radius 3 is 2.03 bits per heavy atom. The Balaban J connectivity index is 1.83. The quantitative estimate of drug-likeness (QED) is 0.207. The summed E-state index contributed by atoms with van der Waals surface area (Å²) >= 11 is 0. The third-order valence-corrected chi connectivity index (χ3v) is 5.41. The maximum atomic E-state index is 14.3. The van der Waals surface area contributed by atoms with Gasteiger partial charge < -0.3 is 0 Å². The molecule has 5 rings (SSSR count). The van der Waals surface area contributed by atoms with Gasteiger partial charge in [0, 0.05) is 16.7 Å². The van der Waals surface area contributed by atoms with E-state index in [0.717, 1.165) is 6.07 Å². The van der Waals surface area contributed by atoms with Gasteiger partial charge in [0.25, 0.3) is 5.70 Å². The molecule has 0 saturated carbocycles. The molecule has 0 fully saturated rings. The van der Waals surface area contributed by atoms with Gasteiger partial charge in [0.05, 0.1) is 46.2 Å². The Kier molecular flexibility index (Phi) is 4.54. The lowest BCUT2D eigenvalue weighted by atomic mass is 9.98. The van der Waals surface area contributed by atoms with Crippen molar-refractivity contribution >= 4 is 16.6 Å². The smallest absolute Gasteiger partial charge is 0.245 e. The van der Waals surface area contributed by atoms with E-state index in [1.807, 2.05) is 18.2 Å². The summed E-state index contributed by atoms with van der Waals surface area (Å²) in [6.45, 7) is 7.47. The van der Waals surface area contributed by atoms with Crippen molar-refractivity contribution in [2.45, 2.75) is 0 Å². The van der Waals surface area contributed by atoms with Crippen LogP contribution in [0.1, 0.15) is 22.4 Å². The molecule has 0 unspecified atom stereocenters. The summed E-state index contributed by atoms with van der Waals surface area (Å²) < 4.78 is 27.6. The fraction of sp³-hybridized carbons (Fsp3) is 0. The minimum Gasteiger partial charge on any atom is -0.245 e. The number of aromatic nitrogens is 3. The van der Waals surface area contributed by atoms with Gasteiger partial charge in [-0.2, -0.15) is 24.3 Å². The lowest BCUT2D eigenvalue weighted by molar-refractivity contribution is 0.515. The molecule has 0 aliphatic heterocycles. The van der Waals surface area contributed by atoms with Crippen LogP contribution < -0.4 is 0 Å². The zero-order valence-electron chi connectivity index (χ0n) is 16.9. The van der Waals surface area contributed by atoms with Crippen LogP contribution in [0.2, 0.25) is 0 Å². The first-order valence-electron chi connectivity index (χ1n) is 9.64. The summed E-state index contributed by atoms with van der Waals surface area (Å²) in [6.07, 6.45) is 0. The Labute approximate surface area is 190 Å². The molecular formula is C25H7F2N7. The summed E-state index contributed by atoms with van der Waals surface area (Å²) in [7, 11) is 0. The highest BCUT2D eigenvalue weighted by Gasteiger charge is 2.31. The van der Waals surface area contributed by atoms with Crippen molar-refractivity contribution in [1.29, 1.82) is 15.8 Å². The number of hydrogen-bond donors (Lipinski definition) is 0. The van der Waals surface area contributed by atoms with Crippen LogP contribution in [0.4, 0.5) is 8.78 Å². The molecule has 4 aromatic rings. The van der Waals surface area contributed by atoms with Gasteiger partial charge in [-0.3, -0.25) is 0 Å². The number of nitrogens with zero attached hydrogens (tertiary/aromatic N) is 7. The van der Waals surface area contributed by atoms with Gasteiger partial charge in [0.2, 0.25) is 11.9 Å². The molecule has 0 radical (unpaired) electrons.